The van der Waals surface area contributed by atoms with E-state index >= 15 is 0 Å². The molecule has 21 heavy (non-hydrogen) atoms. The second kappa shape index (κ2) is 5.34. The molecule has 0 bridgehead atoms. The van der Waals surface area contributed by atoms with Crippen molar-refractivity contribution in [1.29, 1.82) is 0 Å². The van der Waals surface area contributed by atoms with Crippen molar-refractivity contribution < 1.29 is 9.59 Å². The lowest BCUT2D eigenvalue weighted by atomic mass is 10.0. The maximum absolute atomic E-state index is 12.9. The number of hydrogen-bond acceptors (Lipinski definition) is 2. The zero-order chi connectivity index (χ0) is 15.1. The van der Waals surface area contributed by atoms with Crippen LogP contribution in [0.25, 0.3) is 0 Å². The number of anilines is 1. The molecule has 0 aliphatic carbocycles. The monoisotopic (exact) mass is 306 g/mol. The molecule has 1 aromatic carbocycles. The minimum absolute atomic E-state index is 0.0318. The number of carbonyl (C=O) groups is 2. The van der Waals surface area contributed by atoms with Crippen molar-refractivity contribution in [3.8, 4) is 0 Å². The highest BCUT2D eigenvalue weighted by Crippen LogP contribution is 2.34. The third-order valence-corrected chi connectivity index (χ3v) is 4.71. The molecule has 0 saturated carbocycles. The summed E-state index contributed by atoms with van der Waals surface area (Å²) in [6, 6.07) is 4.78. The van der Waals surface area contributed by atoms with E-state index in [9.17, 15) is 9.59 Å². The smallest absolute Gasteiger partial charge is 0.250 e. The summed E-state index contributed by atoms with van der Waals surface area (Å²) in [6.07, 6.45) is 2.28. The van der Waals surface area contributed by atoms with Gasteiger partial charge in [0.1, 0.15) is 12.1 Å². The molecular formula is C16H19ClN2O2. The Balaban J connectivity index is 2.08. The average Bonchev–Trinajstić information content (AvgIpc) is 2.95. The fourth-order valence-corrected chi connectivity index (χ4v) is 3.56. The van der Waals surface area contributed by atoms with Gasteiger partial charge in [-0.3, -0.25) is 14.5 Å². The summed E-state index contributed by atoms with van der Waals surface area (Å²) < 4.78 is 0. The predicted molar refractivity (Wildman–Crippen MR) is 82.5 cm³/mol. The summed E-state index contributed by atoms with van der Waals surface area (Å²) >= 11 is 6.09. The maximum atomic E-state index is 12.9. The first-order valence-electron chi connectivity index (χ1n) is 7.44. The summed E-state index contributed by atoms with van der Waals surface area (Å²) in [7, 11) is 0. The molecule has 0 aromatic heterocycles. The molecule has 2 amide bonds. The molecule has 1 aromatic rings. The molecule has 112 valence electrons. The normalized spacial score (nSPS) is 25.5. The second-order valence-corrected chi connectivity index (χ2v) is 6.19. The standard InChI is InChI=1S/C16H19ClN2O2/c1-3-12-15(20)18-8-4-5-13(18)16(21)19(12)14-9-11(17)7-6-10(14)2/h6-7,9,12-13H,3-5,8H2,1-2H3. The van der Waals surface area contributed by atoms with Gasteiger partial charge in [-0.15, -0.1) is 0 Å². The number of amides is 2. The van der Waals surface area contributed by atoms with E-state index in [1.807, 2.05) is 19.9 Å². The van der Waals surface area contributed by atoms with Crippen LogP contribution in [0.5, 0.6) is 0 Å². The Kier molecular flexibility index (Phi) is 3.66. The molecule has 2 atom stereocenters. The van der Waals surface area contributed by atoms with Crippen LogP contribution in [-0.4, -0.2) is 35.3 Å². The van der Waals surface area contributed by atoms with Crippen LogP contribution < -0.4 is 4.90 Å². The lowest BCUT2D eigenvalue weighted by Gasteiger charge is -2.42. The van der Waals surface area contributed by atoms with E-state index in [-0.39, 0.29) is 17.9 Å². The van der Waals surface area contributed by atoms with E-state index in [0.29, 0.717) is 18.0 Å². The van der Waals surface area contributed by atoms with E-state index in [4.69, 9.17) is 11.6 Å². The van der Waals surface area contributed by atoms with Crippen LogP contribution in [0.15, 0.2) is 18.2 Å². The van der Waals surface area contributed by atoms with Gasteiger partial charge in [0, 0.05) is 17.3 Å². The molecule has 0 radical (unpaired) electrons. The Labute approximate surface area is 129 Å². The molecule has 2 heterocycles. The minimum Gasteiger partial charge on any atom is -0.329 e. The highest BCUT2D eigenvalue weighted by molar-refractivity contribution is 6.31. The Morgan fingerprint density at radius 1 is 1.29 bits per heavy atom. The fraction of sp³-hybridized carbons (Fsp3) is 0.500. The largest absolute Gasteiger partial charge is 0.329 e. The zero-order valence-electron chi connectivity index (χ0n) is 12.3. The van der Waals surface area contributed by atoms with Crippen LogP contribution in [-0.2, 0) is 9.59 Å². The van der Waals surface area contributed by atoms with Crippen molar-refractivity contribution in [3.05, 3.63) is 28.8 Å². The van der Waals surface area contributed by atoms with Crippen LogP contribution in [0, 0.1) is 6.92 Å². The number of fused-ring (bicyclic) bond motifs is 1. The van der Waals surface area contributed by atoms with Gasteiger partial charge in [-0.25, -0.2) is 0 Å². The van der Waals surface area contributed by atoms with Crippen molar-refractivity contribution >= 4 is 29.1 Å². The van der Waals surface area contributed by atoms with E-state index in [0.717, 1.165) is 24.1 Å². The lowest BCUT2D eigenvalue weighted by Crippen LogP contribution is -2.63. The Bertz CT molecular complexity index is 602. The van der Waals surface area contributed by atoms with Gasteiger partial charge in [0.15, 0.2) is 0 Å². The molecule has 0 N–H and O–H groups in total. The highest BCUT2D eigenvalue weighted by Gasteiger charge is 2.47. The number of halogens is 1. The highest BCUT2D eigenvalue weighted by atomic mass is 35.5. The average molecular weight is 307 g/mol. The molecule has 2 saturated heterocycles. The summed E-state index contributed by atoms with van der Waals surface area (Å²) in [5.41, 5.74) is 1.73. The third kappa shape index (κ3) is 2.22. The Morgan fingerprint density at radius 3 is 2.76 bits per heavy atom. The molecule has 2 aliphatic rings. The predicted octanol–water partition coefficient (Wildman–Crippen LogP) is 2.76. The van der Waals surface area contributed by atoms with Gasteiger partial charge in [0.25, 0.3) is 5.91 Å². The first kappa shape index (κ1) is 14.4. The summed E-state index contributed by atoms with van der Waals surface area (Å²) in [6.45, 7) is 4.59. The van der Waals surface area contributed by atoms with Gasteiger partial charge in [0.05, 0.1) is 0 Å². The van der Waals surface area contributed by atoms with Crippen molar-refractivity contribution in [2.45, 2.75) is 45.2 Å². The number of rotatable bonds is 2. The van der Waals surface area contributed by atoms with Crippen LogP contribution in [0.2, 0.25) is 5.02 Å². The van der Waals surface area contributed by atoms with Gasteiger partial charge in [0.2, 0.25) is 5.91 Å². The van der Waals surface area contributed by atoms with Crippen LogP contribution in [0.1, 0.15) is 31.7 Å². The number of carbonyl (C=O) groups excluding carboxylic acids is 2. The molecule has 0 spiro atoms. The summed E-state index contributed by atoms with van der Waals surface area (Å²) in [5.74, 6) is 0.100. The second-order valence-electron chi connectivity index (χ2n) is 5.75. The van der Waals surface area contributed by atoms with Gasteiger partial charge < -0.3 is 4.90 Å². The van der Waals surface area contributed by atoms with Crippen LogP contribution in [0.3, 0.4) is 0 Å². The van der Waals surface area contributed by atoms with Crippen LogP contribution in [0.4, 0.5) is 5.69 Å². The van der Waals surface area contributed by atoms with Crippen molar-refractivity contribution in [1.82, 2.24) is 4.90 Å². The zero-order valence-corrected chi connectivity index (χ0v) is 13.1. The molecule has 3 rings (SSSR count). The molecule has 5 heteroatoms. The summed E-state index contributed by atoms with van der Waals surface area (Å²) in [5, 5.41) is 0.583. The number of piperazine rings is 1. The van der Waals surface area contributed by atoms with Crippen molar-refractivity contribution in [2.24, 2.45) is 0 Å². The van der Waals surface area contributed by atoms with E-state index < -0.39 is 6.04 Å². The number of hydrogen-bond donors (Lipinski definition) is 0. The van der Waals surface area contributed by atoms with E-state index in [1.165, 1.54) is 0 Å². The molecule has 2 unspecified atom stereocenters. The van der Waals surface area contributed by atoms with Gasteiger partial charge in [-0.2, -0.15) is 0 Å². The van der Waals surface area contributed by atoms with Gasteiger partial charge in [-0.1, -0.05) is 24.6 Å². The molecule has 2 fully saturated rings. The fourth-order valence-electron chi connectivity index (χ4n) is 3.39. The SMILES string of the molecule is CCC1C(=O)N2CCCC2C(=O)N1c1cc(Cl)ccc1C. The Hall–Kier alpha value is -1.55. The quantitative estimate of drug-likeness (QED) is 0.843. The van der Waals surface area contributed by atoms with Crippen LogP contribution >= 0.6 is 11.6 Å². The first-order chi connectivity index (χ1) is 10.0. The van der Waals surface area contributed by atoms with E-state index in [2.05, 4.69) is 0 Å². The van der Waals surface area contributed by atoms with Crippen molar-refractivity contribution in [2.75, 3.05) is 11.4 Å². The lowest BCUT2D eigenvalue weighted by molar-refractivity contribution is -0.144. The molecule has 4 nitrogen and oxygen atoms in total. The number of nitrogens with zero attached hydrogens (tertiary/aromatic N) is 2. The molecule has 2 aliphatic heterocycles. The Morgan fingerprint density at radius 2 is 2.05 bits per heavy atom. The minimum atomic E-state index is -0.413. The number of aryl methyl sites for hydroxylation is 1. The number of benzene rings is 1. The third-order valence-electron chi connectivity index (χ3n) is 4.47. The summed E-state index contributed by atoms with van der Waals surface area (Å²) in [4.78, 5) is 29.0. The maximum Gasteiger partial charge on any atom is 0.250 e. The van der Waals surface area contributed by atoms with Crippen molar-refractivity contribution in [3.63, 3.8) is 0 Å². The molecular weight excluding hydrogens is 288 g/mol. The van der Waals surface area contributed by atoms with Gasteiger partial charge in [-0.05, 0) is 43.9 Å². The topological polar surface area (TPSA) is 40.6 Å². The van der Waals surface area contributed by atoms with Gasteiger partial charge >= 0.3 is 0 Å². The first-order valence-corrected chi connectivity index (χ1v) is 7.82. The van der Waals surface area contributed by atoms with E-state index in [1.54, 1.807) is 21.9 Å².